The maximum atomic E-state index is 6.36. The zero-order valence-electron chi connectivity index (χ0n) is 11.1. The predicted octanol–water partition coefficient (Wildman–Crippen LogP) is 3.88. The summed E-state index contributed by atoms with van der Waals surface area (Å²) in [6.45, 7) is 2.07. The van der Waals surface area contributed by atoms with Crippen LogP contribution in [0.3, 0.4) is 0 Å². The molecule has 0 radical (unpaired) electrons. The van der Waals surface area contributed by atoms with Crippen LogP contribution in [0.15, 0.2) is 28.7 Å². The second-order valence-corrected chi connectivity index (χ2v) is 6.30. The quantitative estimate of drug-likeness (QED) is 0.917. The van der Waals surface area contributed by atoms with E-state index >= 15 is 0 Å². The van der Waals surface area contributed by atoms with Gasteiger partial charge in [-0.3, -0.25) is 0 Å². The maximum absolute atomic E-state index is 6.36. The normalized spacial score (nSPS) is 12.3. The number of ether oxygens (including phenoxy) is 2. The van der Waals surface area contributed by atoms with Crippen molar-refractivity contribution in [3.8, 4) is 11.5 Å². The molecule has 0 spiro atoms. The topological polar surface area (TPSA) is 44.5 Å². The van der Waals surface area contributed by atoms with Crippen LogP contribution in [0.4, 0.5) is 0 Å². The van der Waals surface area contributed by atoms with Crippen LogP contribution < -0.4 is 15.2 Å². The van der Waals surface area contributed by atoms with E-state index in [0.29, 0.717) is 0 Å². The number of halogens is 1. The van der Waals surface area contributed by atoms with Gasteiger partial charge in [-0.15, -0.1) is 11.3 Å². The molecule has 0 aliphatic carbocycles. The Morgan fingerprint density at radius 2 is 1.95 bits per heavy atom. The van der Waals surface area contributed by atoms with Gasteiger partial charge in [0.2, 0.25) is 0 Å². The largest absolute Gasteiger partial charge is 0.497 e. The highest BCUT2D eigenvalue weighted by molar-refractivity contribution is 9.10. The van der Waals surface area contributed by atoms with Crippen molar-refractivity contribution in [2.45, 2.75) is 13.0 Å². The Labute approximate surface area is 125 Å². The molecule has 1 aromatic carbocycles. The number of rotatable bonds is 4. The molecule has 102 valence electrons. The first kappa shape index (κ1) is 14.4. The van der Waals surface area contributed by atoms with Gasteiger partial charge in [-0.25, -0.2) is 0 Å². The fourth-order valence-corrected chi connectivity index (χ4v) is 3.85. The second kappa shape index (κ2) is 5.94. The summed E-state index contributed by atoms with van der Waals surface area (Å²) in [5.41, 5.74) is 7.31. The van der Waals surface area contributed by atoms with Gasteiger partial charge in [0.1, 0.15) is 11.5 Å². The number of hydrogen-bond acceptors (Lipinski definition) is 4. The molecule has 1 heterocycles. The van der Waals surface area contributed by atoms with E-state index in [2.05, 4.69) is 28.9 Å². The Morgan fingerprint density at radius 1 is 1.21 bits per heavy atom. The molecule has 3 nitrogen and oxygen atoms in total. The molecule has 0 amide bonds. The molecular formula is C14H16BrNO2S. The summed E-state index contributed by atoms with van der Waals surface area (Å²) in [5.74, 6) is 1.50. The lowest BCUT2D eigenvalue weighted by atomic mass is 10.0. The third kappa shape index (κ3) is 2.94. The predicted molar refractivity (Wildman–Crippen MR) is 82.3 cm³/mol. The zero-order chi connectivity index (χ0) is 14.0. The SMILES string of the molecule is COc1ccc(C(N)c2sc(C)cc2Br)c(OC)c1. The minimum Gasteiger partial charge on any atom is -0.497 e. The maximum Gasteiger partial charge on any atom is 0.127 e. The summed E-state index contributed by atoms with van der Waals surface area (Å²) >= 11 is 5.24. The average Bonchev–Trinajstić information content (AvgIpc) is 2.76. The smallest absolute Gasteiger partial charge is 0.127 e. The molecule has 1 unspecified atom stereocenters. The van der Waals surface area contributed by atoms with E-state index in [1.54, 1.807) is 25.6 Å². The van der Waals surface area contributed by atoms with Crippen molar-refractivity contribution >= 4 is 27.3 Å². The Bertz CT molecular complexity index is 583. The van der Waals surface area contributed by atoms with Gasteiger partial charge in [-0.05, 0) is 41.1 Å². The van der Waals surface area contributed by atoms with E-state index < -0.39 is 0 Å². The molecule has 0 aliphatic rings. The molecule has 0 saturated heterocycles. The van der Waals surface area contributed by atoms with Crippen molar-refractivity contribution in [2.24, 2.45) is 5.73 Å². The van der Waals surface area contributed by atoms with Gasteiger partial charge >= 0.3 is 0 Å². The number of aryl methyl sites for hydroxylation is 1. The minimum atomic E-state index is -0.214. The van der Waals surface area contributed by atoms with E-state index in [1.165, 1.54) is 4.88 Å². The Hall–Kier alpha value is -1.04. The number of thiophene rings is 1. The number of benzene rings is 1. The Balaban J connectivity index is 2.43. The van der Waals surface area contributed by atoms with Crippen LogP contribution in [0.2, 0.25) is 0 Å². The lowest BCUT2D eigenvalue weighted by Gasteiger charge is -2.16. The van der Waals surface area contributed by atoms with Crippen molar-refractivity contribution in [1.82, 2.24) is 0 Å². The standard InChI is InChI=1S/C14H16BrNO2S/c1-8-6-11(15)14(19-8)13(16)10-5-4-9(17-2)7-12(10)18-3/h4-7,13H,16H2,1-3H3. The average molecular weight is 342 g/mol. The lowest BCUT2D eigenvalue weighted by molar-refractivity contribution is 0.390. The Kier molecular flexibility index (Phi) is 4.50. The Morgan fingerprint density at radius 3 is 2.47 bits per heavy atom. The first-order valence-corrected chi connectivity index (χ1v) is 7.41. The molecule has 19 heavy (non-hydrogen) atoms. The summed E-state index contributed by atoms with van der Waals surface area (Å²) in [4.78, 5) is 2.32. The van der Waals surface area contributed by atoms with Crippen LogP contribution in [0.5, 0.6) is 11.5 Å². The number of nitrogens with two attached hydrogens (primary N) is 1. The van der Waals surface area contributed by atoms with Gasteiger partial charge in [-0.1, -0.05) is 0 Å². The van der Waals surface area contributed by atoms with Crippen LogP contribution in [-0.2, 0) is 0 Å². The van der Waals surface area contributed by atoms with Gasteiger partial charge in [0.05, 0.1) is 20.3 Å². The summed E-state index contributed by atoms with van der Waals surface area (Å²) in [7, 11) is 3.27. The van der Waals surface area contributed by atoms with Crippen LogP contribution in [0.1, 0.15) is 21.4 Å². The van der Waals surface area contributed by atoms with Crippen LogP contribution in [0, 0.1) is 6.92 Å². The van der Waals surface area contributed by atoms with E-state index in [0.717, 1.165) is 26.4 Å². The lowest BCUT2D eigenvalue weighted by Crippen LogP contribution is -2.12. The van der Waals surface area contributed by atoms with Gasteiger partial charge < -0.3 is 15.2 Å². The van der Waals surface area contributed by atoms with Crippen molar-refractivity contribution in [1.29, 1.82) is 0 Å². The molecule has 0 fully saturated rings. The molecule has 5 heteroatoms. The third-order valence-corrected chi connectivity index (χ3v) is 4.95. The van der Waals surface area contributed by atoms with E-state index in [9.17, 15) is 0 Å². The number of hydrogen-bond donors (Lipinski definition) is 1. The molecular weight excluding hydrogens is 326 g/mol. The van der Waals surface area contributed by atoms with E-state index in [1.807, 2.05) is 18.2 Å². The first-order valence-electron chi connectivity index (χ1n) is 5.80. The first-order chi connectivity index (χ1) is 9.06. The van der Waals surface area contributed by atoms with Gasteiger partial charge in [0, 0.05) is 25.9 Å². The van der Waals surface area contributed by atoms with E-state index in [4.69, 9.17) is 15.2 Å². The number of methoxy groups -OCH3 is 2. The molecule has 2 rings (SSSR count). The highest BCUT2D eigenvalue weighted by Crippen LogP contribution is 2.38. The van der Waals surface area contributed by atoms with Crippen molar-refractivity contribution < 1.29 is 9.47 Å². The summed E-state index contributed by atoms with van der Waals surface area (Å²) in [5, 5.41) is 0. The van der Waals surface area contributed by atoms with Crippen LogP contribution >= 0.6 is 27.3 Å². The van der Waals surface area contributed by atoms with Crippen LogP contribution in [-0.4, -0.2) is 14.2 Å². The molecule has 0 aliphatic heterocycles. The van der Waals surface area contributed by atoms with Crippen molar-refractivity contribution in [3.05, 3.63) is 44.1 Å². The highest BCUT2D eigenvalue weighted by atomic mass is 79.9. The van der Waals surface area contributed by atoms with E-state index in [-0.39, 0.29) is 6.04 Å². The highest BCUT2D eigenvalue weighted by Gasteiger charge is 2.19. The monoisotopic (exact) mass is 341 g/mol. The summed E-state index contributed by atoms with van der Waals surface area (Å²) < 4.78 is 11.6. The zero-order valence-corrected chi connectivity index (χ0v) is 13.5. The fourth-order valence-electron chi connectivity index (χ4n) is 1.93. The molecule has 1 aromatic heterocycles. The molecule has 2 N–H and O–H groups in total. The second-order valence-electron chi connectivity index (χ2n) is 4.15. The molecule has 2 aromatic rings. The minimum absolute atomic E-state index is 0.214. The van der Waals surface area contributed by atoms with Crippen molar-refractivity contribution in [2.75, 3.05) is 14.2 Å². The molecule has 1 atom stereocenters. The third-order valence-electron chi connectivity index (χ3n) is 2.89. The summed E-state index contributed by atoms with van der Waals surface area (Å²) in [6.07, 6.45) is 0. The summed E-state index contributed by atoms with van der Waals surface area (Å²) in [6, 6.07) is 7.56. The molecule has 0 saturated carbocycles. The van der Waals surface area contributed by atoms with Crippen LogP contribution in [0.25, 0.3) is 0 Å². The fraction of sp³-hybridized carbons (Fsp3) is 0.286. The van der Waals surface area contributed by atoms with Gasteiger partial charge in [-0.2, -0.15) is 0 Å². The van der Waals surface area contributed by atoms with Crippen molar-refractivity contribution in [3.63, 3.8) is 0 Å². The van der Waals surface area contributed by atoms with Gasteiger partial charge in [0.25, 0.3) is 0 Å². The van der Waals surface area contributed by atoms with Gasteiger partial charge in [0.15, 0.2) is 0 Å². The molecule has 0 bridgehead atoms.